The van der Waals surface area contributed by atoms with Crippen LogP contribution in [0.1, 0.15) is 53.4 Å². The van der Waals surface area contributed by atoms with E-state index < -0.39 is 0 Å². The first-order chi connectivity index (χ1) is 7.03. The molecule has 2 unspecified atom stereocenters. The number of hydrogen-bond donors (Lipinski definition) is 1. The van der Waals surface area contributed by atoms with E-state index in [1.165, 1.54) is 25.7 Å². The molecule has 90 valence electrons. The summed E-state index contributed by atoms with van der Waals surface area (Å²) < 4.78 is 0. The molecular formula is C13H28N2. The molecule has 0 aromatic rings. The summed E-state index contributed by atoms with van der Waals surface area (Å²) in [5.74, 6) is 0. The predicted molar refractivity (Wildman–Crippen MR) is 67.2 cm³/mol. The molecule has 1 aliphatic rings. The Balaban J connectivity index is 2.61. The highest BCUT2D eigenvalue weighted by molar-refractivity contribution is 4.94. The van der Waals surface area contributed by atoms with Crippen LogP contribution in [0.4, 0.5) is 0 Å². The standard InChI is InChI=1S/C13H28N2/c1-6-13(3,4)15(5)12-10-8-9-11(12)14-7-2/h11-12,14H,6-10H2,1-5H3. The van der Waals surface area contributed by atoms with Gasteiger partial charge in [-0.15, -0.1) is 0 Å². The molecular weight excluding hydrogens is 184 g/mol. The van der Waals surface area contributed by atoms with E-state index in [9.17, 15) is 0 Å². The Morgan fingerprint density at radius 3 is 2.47 bits per heavy atom. The summed E-state index contributed by atoms with van der Waals surface area (Å²) in [6.45, 7) is 10.3. The van der Waals surface area contributed by atoms with Gasteiger partial charge in [-0.1, -0.05) is 20.3 Å². The fourth-order valence-corrected chi connectivity index (χ4v) is 2.60. The molecule has 2 atom stereocenters. The summed E-state index contributed by atoms with van der Waals surface area (Å²) in [4.78, 5) is 2.59. The van der Waals surface area contributed by atoms with Gasteiger partial charge >= 0.3 is 0 Å². The molecule has 1 aliphatic carbocycles. The Morgan fingerprint density at radius 1 is 1.27 bits per heavy atom. The Labute approximate surface area is 95.4 Å². The molecule has 2 heteroatoms. The molecule has 0 aromatic carbocycles. The summed E-state index contributed by atoms with van der Waals surface area (Å²) in [7, 11) is 2.30. The van der Waals surface area contributed by atoms with E-state index in [0.29, 0.717) is 11.6 Å². The quantitative estimate of drug-likeness (QED) is 0.753. The number of likely N-dealkylation sites (N-methyl/N-ethyl adjacent to an activating group) is 2. The van der Waals surface area contributed by atoms with Crippen molar-refractivity contribution in [2.24, 2.45) is 0 Å². The predicted octanol–water partition coefficient (Wildman–Crippen LogP) is 2.64. The van der Waals surface area contributed by atoms with Gasteiger partial charge in [0.15, 0.2) is 0 Å². The average Bonchev–Trinajstić information content (AvgIpc) is 2.65. The molecule has 0 bridgehead atoms. The normalized spacial score (nSPS) is 27.6. The van der Waals surface area contributed by atoms with Gasteiger partial charge in [0.2, 0.25) is 0 Å². The third-order valence-corrected chi connectivity index (χ3v) is 4.26. The van der Waals surface area contributed by atoms with Crippen molar-refractivity contribution in [1.82, 2.24) is 10.2 Å². The highest BCUT2D eigenvalue weighted by atomic mass is 15.2. The van der Waals surface area contributed by atoms with Crippen molar-refractivity contribution in [2.75, 3.05) is 13.6 Å². The van der Waals surface area contributed by atoms with Crippen LogP contribution in [0.3, 0.4) is 0 Å². The smallest absolute Gasteiger partial charge is 0.0251 e. The molecule has 0 aliphatic heterocycles. The summed E-state index contributed by atoms with van der Waals surface area (Å²) in [5, 5.41) is 3.63. The van der Waals surface area contributed by atoms with Crippen LogP contribution >= 0.6 is 0 Å². The Morgan fingerprint density at radius 2 is 1.93 bits per heavy atom. The first-order valence-electron chi connectivity index (χ1n) is 6.49. The van der Waals surface area contributed by atoms with Crippen LogP contribution in [0.5, 0.6) is 0 Å². The molecule has 1 rings (SSSR count). The van der Waals surface area contributed by atoms with Gasteiger partial charge in [-0.25, -0.2) is 0 Å². The molecule has 2 nitrogen and oxygen atoms in total. The molecule has 0 saturated heterocycles. The topological polar surface area (TPSA) is 15.3 Å². The van der Waals surface area contributed by atoms with Crippen LogP contribution in [0.15, 0.2) is 0 Å². The molecule has 1 saturated carbocycles. The number of hydrogen-bond acceptors (Lipinski definition) is 2. The van der Waals surface area contributed by atoms with E-state index in [1.807, 2.05) is 0 Å². The molecule has 1 N–H and O–H groups in total. The van der Waals surface area contributed by atoms with Gasteiger partial charge < -0.3 is 5.32 Å². The van der Waals surface area contributed by atoms with Crippen LogP contribution in [-0.2, 0) is 0 Å². The number of nitrogens with zero attached hydrogens (tertiary/aromatic N) is 1. The van der Waals surface area contributed by atoms with Crippen molar-refractivity contribution < 1.29 is 0 Å². The van der Waals surface area contributed by atoms with Gasteiger partial charge in [0.1, 0.15) is 0 Å². The van der Waals surface area contributed by atoms with Crippen molar-refractivity contribution in [1.29, 1.82) is 0 Å². The second-order valence-electron chi connectivity index (χ2n) is 5.44. The molecule has 0 radical (unpaired) electrons. The lowest BCUT2D eigenvalue weighted by atomic mass is 9.96. The number of nitrogens with one attached hydrogen (secondary N) is 1. The van der Waals surface area contributed by atoms with E-state index in [0.717, 1.165) is 12.6 Å². The van der Waals surface area contributed by atoms with Crippen molar-refractivity contribution >= 4 is 0 Å². The second-order valence-corrected chi connectivity index (χ2v) is 5.44. The van der Waals surface area contributed by atoms with Crippen LogP contribution < -0.4 is 5.32 Å². The zero-order chi connectivity index (χ0) is 11.5. The van der Waals surface area contributed by atoms with Crippen LogP contribution in [0.2, 0.25) is 0 Å². The van der Waals surface area contributed by atoms with Gasteiger partial charge in [0.25, 0.3) is 0 Å². The molecule has 0 amide bonds. The fourth-order valence-electron chi connectivity index (χ4n) is 2.60. The lowest BCUT2D eigenvalue weighted by molar-refractivity contribution is 0.0851. The van der Waals surface area contributed by atoms with Gasteiger partial charge in [0, 0.05) is 17.6 Å². The lowest BCUT2D eigenvalue weighted by Gasteiger charge is -2.41. The minimum absolute atomic E-state index is 0.336. The first kappa shape index (κ1) is 13.0. The molecule has 15 heavy (non-hydrogen) atoms. The maximum absolute atomic E-state index is 3.63. The van der Waals surface area contributed by atoms with Gasteiger partial charge in [-0.2, -0.15) is 0 Å². The Kier molecular flexibility index (Phi) is 4.60. The van der Waals surface area contributed by atoms with Crippen molar-refractivity contribution in [2.45, 2.75) is 71.0 Å². The largest absolute Gasteiger partial charge is 0.313 e. The third-order valence-electron chi connectivity index (χ3n) is 4.26. The van der Waals surface area contributed by atoms with Gasteiger partial charge in [-0.05, 0) is 46.7 Å². The second kappa shape index (κ2) is 5.31. The molecule has 0 aromatic heterocycles. The van der Waals surface area contributed by atoms with Gasteiger partial charge in [0.05, 0.1) is 0 Å². The van der Waals surface area contributed by atoms with E-state index >= 15 is 0 Å². The third kappa shape index (κ3) is 2.94. The Hall–Kier alpha value is -0.0800. The van der Waals surface area contributed by atoms with Crippen LogP contribution in [0, 0.1) is 0 Å². The maximum atomic E-state index is 3.63. The molecule has 0 heterocycles. The van der Waals surface area contributed by atoms with Crippen molar-refractivity contribution in [3.8, 4) is 0 Å². The summed E-state index contributed by atoms with van der Waals surface area (Å²) in [6, 6.07) is 1.45. The van der Waals surface area contributed by atoms with E-state index in [-0.39, 0.29) is 0 Å². The molecule has 1 fully saturated rings. The lowest BCUT2D eigenvalue weighted by Crippen LogP contribution is -2.53. The fraction of sp³-hybridized carbons (Fsp3) is 1.00. The number of rotatable bonds is 5. The van der Waals surface area contributed by atoms with Crippen molar-refractivity contribution in [3.63, 3.8) is 0 Å². The van der Waals surface area contributed by atoms with Crippen LogP contribution in [-0.4, -0.2) is 36.1 Å². The zero-order valence-electron chi connectivity index (χ0n) is 11.1. The zero-order valence-corrected chi connectivity index (χ0v) is 11.1. The minimum atomic E-state index is 0.336. The Bertz CT molecular complexity index is 189. The van der Waals surface area contributed by atoms with E-state index in [2.05, 4.69) is 45.0 Å². The SMILES string of the molecule is CCNC1CCCC1N(C)C(C)(C)CC. The highest BCUT2D eigenvalue weighted by Crippen LogP contribution is 2.29. The highest BCUT2D eigenvalue weighted by Gasteiger charge is 2.35. The maximum Gasteiger partial charge on any atom is 0.0251 e. The van der Waals surface area contributed by atoms with Crippen molar-refractivity contribution in [3.05, 3.63) is 0 Å². The van der Waals surface area contributed by atoms with Crippen LogP contribution in [0.25, 0.3) is 0 Å². The average molecular weight is 212 g/mol. The summed E-state index contributed by atoms with van der Waals surface area (Å²) in [6.07, 6.45) is 5.31. The minimum Gasteiger partial charge on any atom is -0.313 e. The molecule has 0 spiro atoms. The monoisotopic (exact) mass is 212 g/mol. The summed E-state index contributed by atoms with van der Waals surface area (Å²) >= 11 is 0. The van der Waals surface area contributed by atoms with E-state index in [1.54, 1.807) is 0 Å². The van der Waals surface area contributed by atoms with Gasteiger partial charge in [-0.3, -0.25) is 4.90 Å². The van der Waals surface area contributed by atoms with E-state index in [4.69, 9.17) is 0 Å². The first-order valence-corrected chi connectivity index (χ1v) is 6.49. The summed E-state index contributed by atoms with van der Waals surface area (Å²) in [5.41, 5.74) is 0.336.